The van der Waals surface area contributed by atoms with Gasteiger partial charge in [-0.2, -0.15) is 13.8 Å². The maximum absolute atomic E-state index is 14.2. The number of hydrogen-bond donors (Lipinski definition) is 1. The fraction of sp³-hybridized carbons (Fsp3) is 0.286. The molecule has 31 heavy (non-hydrogen) atoms. The number of benzene rings is 2. The lowest BCUT2D eigenvalue weighted by molar-refractivity contribution is 0.0690. The molecule has 1 amide bonds. The number of carbonyl (C=O) groups is 1. The molecule has 0 unspecified atom stereocenters. The first-order chi connectivity index (χ1) is 15.1. The Bertz CT molecular complexity index is 1300. The molecular formula is C21H19FN6O2S. The van der Waals surface area contributed by atoms with Crippen molar-refractivity contribution in [1.82, 2.24) is 28.4 Å². The van der Waals surface area contributed by atoms with Crippen LogP contribution in [-0.4, -0.2) is 47.4 Å². The first kappa shape index (κ1) is 19.6. The van der Waals surface area contributed by atoms with Crippen molar-refractivity contribution < 1.29 is 9.18 Å². The molecule has 1 saturated heterocycles. The Kier molecular flexibility index (Phi) is 5.06. The third-order valence-electron chi connectivity index (χ3n) is 5.71. The van der Waals surface area contributed by atoms with Gasteiger partial charge in [-0.05, 0) is 49.1 Å². The molecule has 0 saturated carbocycles. The number of halogens is 1. The quantitative estimate of drug-likeness (QED) is 0.529. The Morgan fingerprint density at radius 1 is 1.13 bits per heavy atom. The standard InChI is InChI=1S/C21H19FN6O2S/c22-15-3-1-2-4-18(15)28-19(23-24-21(28)30)11-13-7-9-27(10-8-13)20(29)14-5-6-16-17(12-14)26-31-25-16/h1-6,12-13H,7-11H2,(H,24,30). The molecule has 0 spiro atoms. The second-order valence-electron chi connectivity index (χ2n) is 7.64. The third kappa shape index (κ3) is 3.74. The summed E-state index contributed by atoms with van der Waals surface area (Å²) in [5.41, 5.74) is 1.87. The number of aromatic amines is 1. The molecular weight excluding hydrogens is 419 g/mol. The Balaban J connectivity index is 1.27. The lowest BCUT2D eigenvalue weighted by Gasteiger charge is -2.32. The van der Waals surface area contributed by atoms with Gasteiger partial charge in [0.2, 0.25) is 0 Å². The number of nitrogens with one attached hydrogen (secondary N) is 1. The number of piperidine rings is 1. The lowest BCUT2D eigenvalue weighted by atomic mass is 9.92. The summed E-state index contributed by atoms with van der Waals surface area (Å²) in [5.74, 6) is 0.257. The summed E-state index contributed by atoms with van der Waals surface area (Å²) in [6.07, 6.45) is 2.10. The molecule has 0 bridgehead atoms. The lowest BCUT2D eigenvalue weighted by Crippen LogP contribution is -2.39. The van der Waals surface area contributed by atoms with E-state index in [0.717, 1.165) is 35.6 Å². The predicted octanol–water partition coefficient (Wildman–Crippen LogP) is 2.80. The molecule has 2 aromatic carbocycles. The van der Waals surface area contributed by atoms with Gasteiger partial charge in [-0.25, -0.2) is 18.9 Å². The van der Waals surface area contributed by atoms with Crippen molar-refractivity contribution in [2.24, 2.45) is 5.92 Å². The summed E-state index contributed by atoms with van der Waals surface area (Å²) in [6, 6.07) is 11.5. The van der Waals surface area contributed by atoms with Crippen molar-refractivity contribution in [1.29, 1.82) is 0 Å². The molecule has 0 radical (unpaired) electrons. The average molecular weight is 438 g/mol. The Hall–Kier alpha value is -3.40. The zero-order valence-corrected chi connectivity index (χ0v) is 17.3. The number of nitrogens with zero attached hydrogens (tertiary/aromatic N) is 5. The maximum Gasteiger partial charge on any atom is 0.348 e. The van der Waals surface area contributed by atoms with E-state index in [0.29, 0.717) is 30.9 Å². The van der Waals surface area contributed by atoms with Gasteiger partial charge in [0.25, 0.3) is 5.91 Å². The molecule has 1 fully saturated rings. The van der Waals surface area contributed by atoms with Crippen LogP contribution in [0.2, 0.25) is 0 Å². The van der Waals surface area contributed by atoms with Gasteiger partial charge in [0.15, 0.2) is 0 Å². The zero-order valence-electron chi connectivity index (χ0n) is 16.5. The first-order valence-corrected chi connectivity index (χ1v) is 10.8. The molecule has 2 aromatic heterocycles. The normalized spacial score (nSPS) is 14.9. The molecule has 1 aliphatic rings. The summed E-state index contributed by atoms with van der Waals surface area (Å²) < 4.78 is 23.9. The topological polar surface area (TPSA) is 96.8 Å². The van der Waals surface area contributed by atoms with E-state index in [1.165, 1.54) is 10.6 Å². The van der Waals surface area contributed by atoms with E-state index in [2.05, 4.69) is 18.9 Å². The van der Waals surface area contributed by atoms with Crippen LogP contribution in [0.1, 0.15) is 29.0 Å². The van der Waals surface area contributed by atoms with Crippen molar-refractivity contribution in [2.75, 3.05) is 13.1 Å². The van der Waals surface area contributed by atoms with E-state index < -0.39 is 11.5 Å². The molecule has 1 aliphatic heterocycles. The summed E-state index contributed by atoms with van der Waals surface area (Å²) in [5, 5.41) is 6.55. The number of amides is 1. The minimum atomic E-state index is -0.472. The molecule has 8 nitrogen and oxygen atoms in total. The van der Waals surface area contributed by atoms with Crippen molar-refractivity contribution in [2.45, 2.75) is 19.3 Å². The van der Waals surface area contributed by atoms with Crippen molar-refractivity contribution >= 4 is 28.7 Å². The number of rotatable bonds is 4. The molecule has 1 N–H and O–H groups in total. The molecule has 0 aliphatic carbocycles. The summed E-state index contributed by atoms with van der Waals surface area (Å²) in [4.78, 5) is 26.9. The number of H-pyrrole nitrogens is 1. The third-order valence-corrected chi connectivity index (χ3v) is 6.27. The maximum atomic E-state index is 14.2. The van der Waals surface area contributed by atoms with E-state index in [9.17, 15) is 14.0 Å². The number of carbonyl (C=O) groups excluding carboxylic acids is 1. The Labute approximate surface area is 180 Å². The number of fused-ring (bicyclic) bond motifs is 1. The summed E-state index contributed by atoms with van der Waals surface area (Å²) in [7, 11) is 0. The smallest absolute Gasteiger partial charge is 0.339 e. The fourth-order valence-corrected chi connectivity index (χ4v) is 4.56. The molecule has 5 rings (SSSR count). The molecule has 158 valence electrons. The minimum Gasteiger partial charge on any atom is -0.339 e. The number of likely N-dealkylation sites (tertiary alicyclic amines) is 1. The van der Waals surface area contributed by atoms with Gasteiger partial charge in [0.05, 0.1) is 17.4 Å². The molecule has 10 heteroatoms. The van der Waals surface area contributed by atoms with Crippen LogP contribution in [-0.2, 0) is 6.42 Å². The molecule has 0 atom stereocenters. The molecule has 3 heterocycles. The van der Waals surface area contributed by atoms with Crippen LogP contribution >= 0.6 is 11.7 Å². The number of hydrogen-bond acceptors (Lipinski definition) is 6. The Morgan fingerprint density at radius 3 is 2.71 bits per heavy atom. The summed E-state index contributed by atoms with van der Waals surface area (Å²) >= 11 is 1.13. The highest BCUT2D eigenvalue weighted by Gasteiger charge is 2.26. The monoisotopic (exact) mass is 438 g/mol. The predicted molar refractivity (Wildman–Crippen MR) is 114 cm³/mol. The van der Waals surface area contributed by atoms with Gasteiger partial charge in [-0.1, -0.05) is 12.1 Å². The van der Waals surface area contributed by atoms with Crippen LogP contribution in [0.3, 0.4) is 0 Å². The minimum absolute atomic E-state index is 0.0172. The molecule has 4 aromatic rings. The number of para-hydroxylation sites is 1. The summed E-state index contributed by atoms with van der Waals surface area (Å²) in [6.45, 7) is 1.23. The Morgan fingerprint density at radius 2 is 1.90 bits per heavy atom. The highest BCUT2D eigenvalue weighted by molar-refractivity contribution is 7.00. The second-order valence-corrected chi connectivity index (χ2v) is 8.17. The average Bonchev–Trinajstić information content (AvgIpc) is 3.40. The first-order valence-electron chi connectivity index (χ1n) is 10.0. The van der Waals surface area contributed by atoms with E-state index >= 15 is 0 Å². The van der Waals surface area contributed by atoms with Gasteiger partial charge in [0.1, 0.15) is 22.7 Å². The van der Waals surface area contributed by atoms with Gasteiger partial charge in [-0.15, -0.1) is 0 Å². The fourth-order valence-electron chi connectivity index (χ4n) is 4.04. The van der Waals surface area contributed by atoms with Gasteiger partial charge in [0, 0.05) is 25.1 Å². The van der Waals surface area contributed by atoms with E-state index in [-0.39, 0.29) is 17.5 Å². The van der Waals surface area contributed by atoms with Crippen LogP contribution < -0.4 is 5.69 Å². The highest BCUT2D eigenvalue weighted by Crippen LogP contribution is 2.24. The van der Waals surface area contributed by atoms with Gasteiger partial charge >= 0.3 is 5.69 Å². The largest absolute Gasteiger partial charge is 0.348 e. The van der Waals surface area contributed by atoms with Gasteiger partial charge in [-0.3, -0.25) is 4.79 Å². The van der Waals surface area contributed by atoms with Gasteiger partial charge < -0.3 is 4.90 Å². The van der Waals surface area contributed by atoms with E-state index in [4.69, 9.17) is 0 Å². The van der Waals surface area contributed by atoms with Crippen LogP contribution in [0.4, 0.5) is 4.39 Å². The van der Waals surface area contributed by atoms with Crippen LogP contribution in [0.25, 0.3) is 16.7 Å². The van der Waals surface area contributed by atoms with Crippen LogP contribution in [0.5, 0.6) is 0 Å². The van der Waals surface area contributed by atoms with Crippen LogP contribution in [0, 0.1) is 11.7 Å². The zero-order chi connectivity index (χ0) is 21.4. The van der Waals surface area contributed by atoms with Crippen molar-refractivity contribution in [3.63, 3.8) is 0 Å². The van der Waals surface area contributed by atoms with Crippen molar-refractivity contribution in [3.05, 3.63) is 70.2 Å². The SMILES string of the molecule is O=C(c1ccc2nsnc2c1)N1CCC(Cc2n[nH]c(=O)n2-c2ccccc2F)CC1. The highest BCUT2D eigenvalue weighted by atomic mass is 32.1. The van der Waals surface area contributed by atoms with Crippen LogP contribution in [0.15, 0.2) is 47.3 Å². The second kappa shape index (κ2) is 8.03. The van der Waals surface area contributed by atoms with E-state index in [1.807, 2.05) is 11.0 Å². The van der Waals surface area contributed by atoms with Crippen molar-refractivity contribution in [3.8, 4) is 5.69 Å². The number of aromatic nitrogens is 5. The van der Waals surface area contributed by atoms with E-state index in [1.54, 1.807) is 30.3 Å².